The number of nitrogens with zero attached hydrogens (tertiary/aromatic N) is 5. The van der Waals surface area contributed by atoms with Gasteiger partial charge in [-0.25, -0.2) is 15.0 Å². The van der Waals surface area contributed by atoms with Crippen LogP contribution < -0.4 is 5.73 Å². The lowest BCUT2D eigenvalue weighted by Gasteiger charge is -2.05. The van der Waals surface area contributed by atoms with Crippen molar-refractivity contribution in [3.8, 4) is 0 Å². The molecule has 0 saturated carbocycles. The van der Waals surface area contributed by atoms with Gasteiger partial charge in [0.1, 0.15) is 17.2 Å². The van der Waals surface area contributed by atoms with Gasteiger partial charge in [-0.05, 0) is 6.92 Å². The third kappa shape index (κ3) is 2.12. The molecule has 18 heavy (non-hydrogen) atoms. The van der Waals surface area contributed by atoms with Crippen LogP contribution in [-0.4, -0.2) is 24.4 Å². The Hall–Kier alpha value is -2.51. The lowest BCUT2D eigenvalue weighted by atomic mass is 10.2. The summed E-state index contributed by atoms with van der Waals surface area (Å²) < 4.78 is 1.78. The van der Waals surface area contributed by atoms with Gasteiger partial charge in [0.2, 0.25) is 5.95 Å². The highest BCUT2D eigenvalue weighted by molar-refractivity contribution is 5.44. The van der Waals surface area contributed by atoms with Crippen LogP contribution in [0.15, 0.2) is 12.4 Å². The number of nitrogen functional groups attached to an aromatic ring is 1. The largest absolute Gasteiger partial charge is 0.368 e. The number of rotatable bonds is 3. The van der Waals surface area contributed by atoms with Gasteiger partial charge < -0.3 is 10.3 Å². The zero-order valence-corrected chi connectivity index (χ0v) is 9.99. The molecule has 8 heteroatoms. The molecule has 0 aliphatic carbocycles. The van der Waals surface area contributed by atoms with Crippen LogP contribution in [0.25, 0.3) is 0 Å². The molecule has 0 amide bonds. The lowest BCUT2D eigenvalue weighted by molar-refractivity contribution is -0.386. The summed E-state index contributed by atoms with van der Waals surface area (Å²) in [5.74, 6) is 0.706. The van der Waals surface area contributed by atoms with Crippen molar-refractivity contribution >= 4 is 11.6 Å². The first kappa shape index (κ1) is 12.0. The molecule has 94 valence electrons. The summed E-state index contributed by atoms with van der Waals surface area (Å²) in [5.41, 5.74) is 5.96. The van der Waals surface area contributed by atoms with Crippen LogP contribution >= 0.6 is 0 Å². The maximum atomic E-state index is 11.0. The molecule has 0 aliphatic heterocycles. The minimum absolute atomic E-state index is 0.0299. The topological polar surface area (TPSA) is 113 Å². The van der Waals surface area contributed by atoms with E-state index in [2.05, 4.69) is 15.0 Å². The van der Waals surface area contributed by atoms with Crippen molar-refractivity contribution < 1.29 is 4.92 Å². The van der Waals surface area contributed by atoms with E-state index in [9.17, 15) is 10.1 Å². The highest BCUT2D eigenvalue weighted by Gasteiger charge is 2.22. The molecule has 0 aliphatic rings. The standard InChI is InChI=1S/C10H12N6O2/c1-6-9(16(17)18)7(14-10(11)13-6)5-8-12-3-4-15(8)2/h3-4H,5H2,1-2H3,(H2,11,13,14). The van der Waals surface area contributed by atoms with E-state index in [0.717, 1.165) is 0 Å². The fourth-order valence-electron chi connectivity index (χ4n) is 1.73. The second-order valence-electron chi connectivity index (χ2n) is 3.85. The summed E-state index contributed by atoms with van der Waals surface area (Å²) in [5, 5.41) is 11.0. The molecule has 2 aromatic rings. The van der Waals surface area contributed by atoms with Gasteiger partial charge in [-0.1, -0.05) is 0 Å². The molecule has 2 rings (SSSR count). The van der Waals surface area contributed by atoms with E-state index in [1.165, 1.54) is 6.92 Å². The third-order valence-electron chi connectivity index (χ3n) is 2.58. The molecule has 2 heterocycles. The zero-order valence-electron chi connectivity index (χ0n) is 9.99. The lowest BCUT2D eigenvalue weighted by Crippen LogP contribution is -2.09. The number of aryl methyl sites for hydroxylation is 2. The van der Waals surface area contributed by atoms with Crippen molar-refractivity contribution in [3.05, 3.63) is 39.7 Å². The minimum Gasteiger partial charge on any atom is -0.368 e. The first-order chi connectivity index (χ1) is 8.49. The Morgan fingerprint density at radius 2 is 2.22 bits per heavy atom. The Morgan fingerprint density at radius 3 is 2.78 bits per heavy atom. The van der Waals surface area contributed by atoms with E-state index in [1.54, 1.807) is 17.0 Å². The first-order valence-corrected chi connectivity index (χ1v) is 5.22. The summed E-state index contributed by atoms with van der Waals surface area (Å²) in [6.45, 7) is 1.54. The maximum Gasteiger partial charge on any atom is 0.312 e. The van der Waals surface area contributed by atoms with Crippen LogP contribution in [0.4, 0.5) is 11.6 Å². The van der Waals surface area contributed by atoms with E-state index < -0.39 is 4.92 Å². The number of hydrogen-bond donors (Lipinski definition) is 1. The molecule has 2 aromatic heterocycles. The quantitative estimate of drug-likeness (QED) is 0.628. The fraction of sp³-hybridized carbons (Fsp3) is 0.300. The Kier molecular flexibility index (Phi) is 2.92. The van der Waals surface area contributed by atoms with E-state index >= 15 is 0 Å². The third-order valence-corrected chi connectivity index (χ3v) is 2.58. The summed E-state index contributed by atoms with van der Waals surface area (Å²) in [6, 6.07) is 0. The predicted molar refractivity (Wildman–Crippen MR) is 63.8 cm³/mol. The second kappa shape index (κ2) is 4.40. The fourth-order valence-corrected chi connectivity index (χ4v) is 1.73. The van der Waals surface area contributed by atoms with E-state index in [-0.39, 0.29) is 29.4 Å². The predicted octanol–water partition coefficient (Wildman–Crippen LogP) is 0.600. The molecule has 0 unspecified atom stereocenters. The second-order valence-corrected chi connectivity index (χ2v) is 3.85. The average molecular weight is 248 g/mol. The average Bonchev–Trinajstić information content (AvgIpc) is 2.62. The van der Waals surface area contributed by atoms with Crippen molar-refractivity contribution in [1.82, 2.24) is 19.5 Å². The molecule has 2 N–H and O–H groups in total. The number of aromatic nitrogens is 4. The van der Waals surface area contributed by atoms with Gasteiger partial charge in [-0.15, -0.1) is 0 Å². The molecule has 0 fully saturated rings. The highest BCUT2D eigenvalue weighted by Crippen LogP contribution is 2.22. The van der Waals surface area contributed by atoms with E-state index in [1.807, 2.05) is 7.05 Å². The molecule has 0 radical (unpaired) electrons. The zero-order chi connectivity index (χ0) is 13.3. The molecular weight excluding hydrogens is 236 g/mol. The van der Waals surface area contributed by atoms with Crippen molar-refractivity contribution in [2.24, 2.45) is 7.05 Å². The van der Waals surface area contributed by atoms with Crippen LogP contribution in [0.3, 0.4) is 0 Å². The van der Waals surface area contributed by atoms with E-state index in [0.29, 0.717) is 5.82 Å². The monoisotopic (exact) mass is 248 g/mol. The number of nitro groups is 1. The molecule has 0 atom stereocenters. The molecular formula is C10H12N6O2. The molecule has 0 saturated heterocycles. The maximum absolute atomic E-state index is 11.0. The van der Waals surface area contributed by atoms with E-state index in [4.69, 9.17) is 5.73 Å². The van der Waals surface area contributed by atoms with Crippen LogP contribution in [0.5, 0.6) is 0 Å². The Bertz CT molecular complexity index is 606. The molecule has 0 aromatic carbocycles. The van der Waals surface area contributed by atoms with Gasteiger partial charge in [-0.3, -0.25) is 10.1 Å². The number of imidazole rings is 1. The minimum atomic E-state index is -0.493. The van der Waals surface area contributed by atoms with Gasteiger partial charge >= 0.3 is 5.69 Å². The Balaban J connectivity index is 2.49. The summed E-state index contributed by atoms with van der Waals surface area (Å²) in [7, 11) is 1.81. The van der Waals surface area contributed by atoms with Gasteiger partial charge in [0.25, 0.3) is 0 Å². The SMILES string of the molecule is Cc1nc(N)nc(Cc2nccn2C)c1[N+](=O)[O-]. The summed E-state index contributed by atoms with van der Waals surface area (Å²) in [4.78, 5) is 22.4. The van der Waals surface area contributed by atoms with Crippen molar-refractivity contribution in [3.63, 3.8) is 0 Å². The van der Waals surface area contributed by atoms with Crippen molar-refractivity contribution in [2.45, 2.75) is 13.3 Å². The molecule has 0 spiro atoms. The number of anilines is 1. The van der Waals surface area contributed by atoms with Crippen LogP contribution in [0, 0.1) is 17.0 Å². The van der Waals surface area contributed by atoms with Gasteiger partial charge in [0, 0.05) is 19.4 Å². The van der Waals surface area contributed by atoms with Crippen LogP contribution in [0.1, 0.15) is 17.2 Å². The smallest absolute Gasteiger partial charge is 0.312 e. The normalized spacial score (nSPS) is 10.6. The van der Waals surface area contributed by atoms with Crippen LogP contribution in [0.2, 0.25) is 0 Å². The van der Waals surface area contributed by atoms with Crippen molar-refractivity contribution in [2.75, 3.05) is 5.73 Å². The summed E-state index contributed by atoms with van der Waals surface area (Å²) >= 11 is 0. The van der Waals surface area contributed by atoms with Crippen molar-refractivity contribution in [1.29, 1.82) is 0 Å². The van der Waals surface area contributed by atoms with Gasteiger partial charge in [0.05, 0.1) is 11.3 Å². The van der Waals surface area contributed by atoms with Crippen LogP contribution in [-0.2, 0) is 13.5 Å². The Labute approximate surface area is 103 Å². The highest BCUT2D eigenvalue weighted by atomic mass is 16.6. The molecule has 8 nitrogen and oxygen atoms in total. The Morgan fingerprint density at radius 1 is 1.50 bits per heavy atom. The number of nitrogens with two attached hydrogens (primary N) is 1. The van der Waals surface area contributed by atoms with Gasteiger partial charge in [0.15, 0.2) is 0 Å². The van der Waals surface area contributed by atoms with Gasteiger partial charge in [-0.2, -0.15) is 0 Å². The first-order valence-electron chi connectivity index (χ1n) is 5.22. The molecule has 0 bridgehead atoms. The number of hydrogen-bond acceptors (Lipinski definition) is 6. The summed E-state index contributed by atoms with van der Waals surface area (Å²) in [6.07, 6.45) is 3.63.